The highest BCUT2D eigenvalue weighted by atomic mass is 19.1. The summed E-state index contributed by atoms with van der Waals surface area (Å²) in [7, 11) is 1.72. The van der Waals surface area contributed by atoms with Crippen molar-refractivity contribution >= 4 is 23.5 Å². The van der Waals surface area contributed by atoms with E-state index in [9.17, 15) is 28.0 Å². The number of esters is 1. The summed E-state index contributed by atoms with van der Waals surface area (Å²) in [5.74, 6) is -4.10. The Kier molecular flexibility index (Phi) is 10.9. The normalized spacial score (nSPS) is 22.8. The number of nitrogens with one attached hydrogen (secondary N) is 1. The van der Waals surface area contributed by atoms with E-state index in [1.54, 1.807) is 23.4 Å². The number of amides is 2. The number of hydrogen-bond acceptors (Lipinski definition) is 6. The van der Waals surface area contributed by atoms with Gasteiger partial charge >= 0.3 is 5.97 Å². The molecule has 4 rings (SSSR count). The number of carbonyl (C=O) groups is 3. The first-order valence-electron chi connectivity index (χ1n) is 15.2. The van der Waals surface area contributed by atoms with Gasteiger partial charge in [-0.2, -0.15) is 0 Å². The summed E-state index contributed by atoms with van der Waals surface area (Å²) in [6.07, 6.45) is 3.84. The molecule has 242 valence electrons. The number of halogens is 2. The lowest BCUT2D eigenvalue weighted by atomic mass is 9.65. The van der Waals surface area contributed by atoms with E-state index in [-0.39, 0.29) is 37.3 Å². The van der Waals surface area contributed by atoms with Gasteiger partial charge < -0.3 is 19.5 Å². The molecule has 2 aliphatic rings. The van der Waals surface area contributed by atoms with Gasteiger partial charge in [0.2, 0.25) is 11.2 Å². The average Bonchev–Trinajstić information content (AvgIpc) is 3.07. The first kappa shape index (κ1) is 34.6. The van der Waals surface area contributed by atoms with Crippen molar-refractivity contribution in [3.63, 3.8) is 0 Å². The third kappa shape index (κ3) is 6.46. The van der Waals surface area contributed by atoms with Crippen molar-refractivity contribution < 1.29 is 29.3 Å². The fraction of sp³-hybridized carbons (Fsp3) is 0.545. The van der Waals surface area contributed by atoms with Gasteiger partial charge in [0.25, 0.3) is 11.8 Å². The second-order valence-corrected chi connectivity index (χ2v) is 11.9. The number of aliphatic imine (C=N–C) groups is 1. The van der Waals surface area contributed by atoms with Crippen molar-refractivity contribution in [1.29, 1.82) is 0 Å². The number of hydrogen-bond donors (Lipinski definition) is 1. The van der Waals surface area contributed by atoms with Crippen LogP contribution in [0.5, 0.6) is 5.75 Å². The fourth-order valence-electron chi connectivity index (χ4n) is 6.07. The van der Waals surface area contributed by atoms with Crippen LogP contribution in [0.2, 0.25) is 0 Å². The second kappa shape index (κ2) is 13.8. The second-order valence-electron chi connectivity index (χ2n) is 11.9. The molecule has 2 aromatic rings. The summed E-state index contributed by atoms with van der Waals surface area (Å²) in [6, 6.07) is 2.83. The molecule has 1 fully saturated rings. The van der Waals surface area contributed by atoms with Crippen LogP contribution in [0.3, 0.4) is 0 Å². The minimum atomic E-state index is -0.916. The molecule has 1 N–H and O–H groups in total. The maximum atomic E-state index is 14.2. The number of fused-ring (bicyclic) bond motifs is 4. The van der Waals surface area contributed by atoms with Crippen molar-refractivity contribution in [2.45, 2.75) is 98.7 Å². The average molecular weight is 617 g/mol. The minimum Gasteiger partial charge on any atom is -0.420 e. The van der Waals surface area contributed by atoms with Gasteiger partial charge in [-0.1, -0.05) is 33.8 Å². The van der Waals surface area contributed by atoms with E-state index in [4.69, 9.17) is 4.74 Å². The van der Waals surface area contributed by atoms with E-state index >= 15 is 0 Å². The summed E-state index contributed by atoms with van der Waals surface area (Å²) in [5.41, 5.74) is -1.72. The molecule has 44 heavy (non-hydrogen) atoms. The molecule has 11 heteroatoms. The van der Waals surface area contributed by atoms with Gasteiger partial charge in [0.05, 0.1) is 5.54 Å². The Morgan fingerprint density at radius 1 is 1.20 bits per heavy atom. The van der Waals surface area contributed by atoms with Crippen LogP contribution in [0.1, 0.15) is 108 Å². The first-order chi connectivity index (χ1) is 20.8. The molecule has 2 amide bonds. The molecule has 0 spiro atoms. The predicted molar refractivity (Wildman–Crippen MR) is 167 cm³/mol. The molecular weight excluding hydrogens is 570 g/mol. The minimum absolute atomic E-state index is 0. The quantitative estimate of drug-likeness (QED) is 0.295. The molecule has 1 aromatic carbocycles. The summed E-state index contributed by atoms with van der Waals surface area (Å²) in [5, 5.41) is 2.52. The van der Waals surface area contributed by atoms with Gasteiger partial charge in [-0.15, -0.1) is 0 Å². The van der Waals surface area contributed by atoms with Crippen LogP contribution >= 0.6 is 0 Å². The molecule has 0 saturated carbocycles. The van der Waals surface area contributed by atoms with Gasteiger partial charge in [-0.3, -0.25) is 24.2 Å². The fourth-order valence-corrected chi connectivity index (χ4v) is 6.07. The molecule has 9 nitrogen and oxygen atoms in total. The first-order valence-corrected chi connectivity index (χ1v) is 15.2. The van der Waals surface area contributed by atoms with Crippen molar-refractivity contribution in [1.82, 2.24) is 14.8 Å². The highest BCUT2D eigenvalue weighted by Gasteiger charge is 2.55. The third-order valence-corrected chi connectivity index (χ3v) is 8.98. The molecule has 2 aliphatic heterocycles. The highest BCUT2D eigenvalue weighted by Crippen LogP contribution is 2.51. The van der Waals surface area contributed by atoms with E-state index in [0.717, 1.165) is 18.2 Å². The zero-order chi connectivity index (χ0) is 33.0. The summed E-state index contributed by atoms with van der Waals surface area (Å²) in [4.78, 5) is 60.0. The SMILES string of the molecule is CC.CCCC(=O)Oc1c2n(cc(C(=O)NCc3ccc(F)cc3F)c1=O)[C@]1(C)CN(C2=O)[C@@H](C)CC[C@]1(C)CC(C)=NC.[HH]. The number of ether oxygens (including phenoxy) is 1. The number of aromatic nitrogens is 1. The lowest BCUT2D eigenvalue weighted by Crippen LogP contribution is -2.60. The molecule has 3 atom stereocenters. The van der Waals surface area contributed by atoms with Gasteiger partial charge in [-0.05, 0) is 57.9 Å². The topological polar surface area (TPSA) is 110 Å². The Hall–Kier alpha value is -3.89. The maximum absolute atomic E-state index is 14.2. The number of rotatable bonds is 8. The molecule has 3 heterocycles. The van der Waals surface area contributed by atoms with Crippen LogP contribution in [-0.2, 0) is 16.9 Å². The van der Waals surface area contributed by atoms with E-state index in [0.29, 0.717) is 31.9 Å². The van der Waals surface area contributed by atoms with E-state index in [1.807, 2.05) is 34.6 Å². The number of carbonyl (C=O) groups excluding carboxylic acids is 3. The van der Waals surface area contributed by atoms with E-state index < -0.39 is 51.6 Å². The van der Waals surface area contributed by atoms with Gasteiger partial charge in [0.1, 0.15) is 17.2 Å². The lowest BCUT2D eigenvalue weighted by molar-refractivity contribution is -0.134. The zero-order valence-electron chi connectivity index (χ0n) is 27.0. The molecule has 0 radical (unpaired) electrons. The van der Waals surface area contributed by atoms with Crippen LogP contribution in [-0.4, -0.2) is 52.6 Å². The summed E-state index contributed by atoms with van der Waals surface area (Å²) >= 11 is 0. The largest absolute Gasteiger partial charge is 0.420 e. The van der Waals surface area contributed by atoms with Gasteiger partial charge in [-0.25, -0.2) is 8.78 Å². The molecule has 0 aliphatic carbocycles. The van der Waals surface area contributed by atoms with Crippen molar-refractivity contribution in [2.24, 2.45) is 10.4 Å². The van der Waals surface area contributed by atoms with Gasteiger partial charge in [0, 0.05) is 57.6 Å². The van der Waals surface area contributed by atoms with Crippen LogP contribution in [0.25, 0.3) is 0 Å². The van der Waals surface area contributed by atoms with Crippen LogP contribution in [0.4, 0.5) is 8.78 Å². The Morgan fingerprint density at radius 3 is 2.50 bits per heavy atom. The Morgan fingerprint density at radius 2 is 1.89 bits per heavy atom. The van der Waals surface area contributed by atoms with Gasteiger partial charge in [0.15, 0.2) is 5.69 Å². The Bertz CT molecular complexity index is 1530. The molecule has 1 saturated heterocycles. The lowest BCUT2D eigenvalue weighted by Gasteiger charge is -2.52. The third-order valence-electron chi connectivity index (χ3n) is 8.98. The number of pyridine rings is 1. The van der Waals surface area contributed by atoms with E-state index in [1.165, 1.54) is 12.3 Å². The molecular formula is C33H46F2N4O5. The number of nitrogens with zero attached hydrogens (tertiary/aromatic N) is 3. The number of benzene rings is 1. The van der Waals surface area contributed by atoms with Crippen molar-refractivity contribution in [3.8, 4) is 5.75 Å². The molecule has 1 aromatic heterocycles. The maximum Gasteiger partial charge on any atom is 0.311 e. The predicted octanol–water partition coefficient (Wildman–Crippen LogP) is 5.87. The Balaban J connectivity index is 0.00000230. The zero-order valence-corrected chi connectivity index (χ0v) is 27.0. The smallest absolute Gasteiger partial charge is 0.311 e. The highest BCUT2D eigenvalue weighted by molar-refractivity contribution is 6.00. The standard InChI is InChI=1S/C31H38F2N4O5.C2H6.H2/c1-7-8-24(38)42-27-25-29(41)36-17-31(5,30(4,12-11-19(36)3)14-18(2)34-6)37(25)16-22(26(27)39)28(40)35-15-20-9-10-21(32)13-23(20)33;1-2;/h9-10,13,16,19H,7-8,11-12,14-15,17H2,1-6H3,(H,35,40);1-2H3;1H/t19-,30+,31+;;/m0../s1. The van der Waals surface area contributed by atoms with E-state index in [2.05, 4.69) is 17.2 Å². The Labute approximate surface area is 259 Å². The van der Waals surface area contributed by atoms with Crippen LogP contribution < -0.4 is 15.5 Å². The monoisotopic (exact) mass is 616 g/mol. The summed E-state index contributed by atoms with van der Waals surface area (Å²) < 4.78 is 34.8. The van der Waals surface area contributed by atoms with Crippen molar-refractivity contribution in [3.05, 3.63) is 63.1 Å². The molecule has 0 unspecified atom stereocenters. The van der Waals surface area contributed by atoms with Crippen LogP contribution in [0.15, 0.2) is 34.2 Å². The van der Waals surface area contributed by atoms with Crippen LogP contribution in [0, 0.1) is 17.0 Å². The van der Waals surface area contributed by atoms with Crippen molar-refractivity contribution in [2.75, 3.05) is 13.6 Å². The molecule has 2 bridgehead atoms. The summed E-state index contributed by atoms with van der Waals surface area (Å²) in [6.45, 7) is 13.7.